The van der Waals surface area contributed by atoms with Crippen molar-refractivity contribution in [1.29, 1.82) is 0 Å². The van der Waals surface area contributed by atoms with Crippen molar-refractivity contribution in [3.8, 4) is 17.1 Å². The molecular formula is C24H28N4O3. The molecule has 0 saturated carbocycles. The molecule has 1 aliphatic heterocycles. The second-order valence-electron chi connectivity index (χ2n) is 7.50. The van der Waals surface area contributed by atoms with E-state index in [9.17, 15) is 4.79 Å². The summed E-state index contributed by atoms with van der Waals surface area (Å²) in [7, 11) is 0. The average molecular weight is 421 g/mol. The van der Waals surface area contributed by atoms with Crippen molar-refractivity contribution in [2.24, 2.45) is 0 Å². The Morgan fingerprint density at radius 3 is 2.71 bits per heavy atom. The number of aromatic nitrogens is 3. The van der Waals surface area contributed by atoms with Crippen molar-refractivity contribution >= 4 is 5.91 Å². The van der Waals surface area contributed by atoms with E-state index in [0.29, 0.717) is 31.1 Å². The highest BCUT2D eigenvalue weighted by molar-refractivity contribution is 5.97. The largest absolute Gasteiger partial charge is 0.490 e. The first-order valence-corrected chi connectivity index (χ1v) is 10.8. The molecule has 0 aliphatic carbocycles. The fourth-order valence-electron chi connectivity index (χ4n) is 3.83. The SMILES string of the molecule is CCOCCOc1ccccc1C(=O)NC1CCc2nnc(-c3ccccc3)n2CC1. The van der Waals surface area contributed by atoms with Crippen LogP contribution in [-0.2, 0) is 17.7 Å². The maximum absolute atomic E-state index is 13.0. The van der Waals surface area contributed by atoms with Gasteiger partial charge in [-0.15, -0.1) is 10.2 Å². The lowest BCUT2D eigenvalue weighted by Gasteiger charge is -2.18. The molecule has 162 valence electrons. The van der Waals surface area contributed by atoms with Crippen LogP contribution >= 0.6 is 0 Å². The Bertz CT molecular complexity index is 1000. The maximum Gasteiger partial charge on any atom is 0.255 e. The number of hydrogen-bond acceptors (Lipinski definition) is 5. The number of rotatable bonds is 8. The predicted molar refractivity (Wildman–Crippen MR) is 118 cm³/mol. The van der Waals surface area contributed by atoms with Gasteiger partial charge in [0.15, 0.2) is 5.82 Å². The van der Waals surface area contributed by atoms with E-state index < -0.39 is 0 Å². The Kier molecular flexibility index (Phi) is 6.94. The van der Waals surface area contributed by atoms with Gasteiger partial charge >= 0.3 is 0 Å². The minimum atomic E-state index is -0.113. The highest BCUT2D eigenvalue weighted by Gasteiger charge is 2.23. The van der Waals surface area contributed by atoms with Crippen LogP contribution in [0.15, 0.2) is 54.6 Å². The van der Waals surface area contributed by atoms with Gasteiger partial charge in [0.2, 0.25) is 0 Å². The number of benzene rings is 2. The molecule has 0 bridgehead atoms. The lowest BCUT2D eigenvalue weighted by atomic mass is 10.1. The first-order valence-electron chi connectivity index (χ1n) is 10.8. The highest BCUT2D eigenvalue weighted by atomic mass is 16.5. The number of nitrogens with zero attached hydrogens (tertiary/aromatic N) is 3. The molecule has 1 atom stereocenters. The van der Waals surface area contributed by atoms with Crippen LogP contribution in [0.25, 0.3) is 11.4 Å². The molecule has 4 rings (SSSR count). The van der Waals surface area contributed by atoms with Crippen LogP contribution in [0.5, 0.6) is 5.75 Å². The maximum atomic E-state index is 13.0. The molecular weight excluding hydrogens is 392 g/mol. The molecule has 0 spiro atoms. The average Bonchev–Trinajstić information content (AvgIpc) is 3.12. The normalized spacial score (nSPS) is 15.7. The van der Waals surface area contributed by atoms with Gasteiger partial charge in [-0.3, -0.25) is 4.79 Å². The van der Waals surface area contributed by atoms with E-state index in [-0.39, 0.29) is 11.9 Å². The summed E-state index contributed by atoms with van der Waals surface area (Å²) in [5.41, 5.74) is 1.61. The molecule has 1 aromatic heterocycles. The zero-order valence-corrected chi connectivity index (χ0v) is 17.8. The molecule has 3 aromatic rings. The van der Waals surface area contributed by atoms with Gasteiger partial charge in [0.05, 0.1) is 12.2 Å². The Morgan fingerprint density at radius 1 is 1.06 bits per heavy atom. The Morgan fingerprint density at radius 2 is 1.87 bits per heavy atom. The van der Waals surface area contributed by atoms with Gasteiger partial charge in [0.1, 0.15) is 18.2 Å². The van der Waals surface area contributed by atoms with E-state index in [2.05, 4.69) is 20.1 Å². The Labute approximate surface area is 182 Å². The van der Waals surface area contributed by atoms with Gasteiger partial charge in [0, 0.05) is 31.2 Å². The monoisotopic (exact) mass is 420 g/mol. The minimum absolute atomic E-state index is 0.0642. The van der Waals surface area contributed by atoms with Crippen molar-refractivity contribution in [3.05, 3.63) is 66.0 Å². The zero-order valence-electron chi connectivity index (χ0n) is 17.8. The van der Waals surface area contributed by atoms with Gasteiger partial charge in [-0.05, 0) is 31.9 Å². The van der Waals surface area contributed by atoms with E-state index in [0.717, 1.165) is 43.0 Å². The third-order valence-electron chi connectivity index (χ3n) is 5.43. The number of para-hydroxylation sites is 1. The number of aryl methyl sites for hydroxylation is 1. The van der Waals surface area contributed by atoms with Gasteiger partial charge < -0.3 is 19.4 Å². The third-order valence-corrected chi connectivity index (χ3v) is 5.43. The van der Waals surface area contributed by atoms with Crippen LogP contribution in [0.4, 0.5) is 0 Å². The van der Waals surface area contributed by atoms with Crippen molar-refractivity contribution < 1.29 is 14.3 Å². The lowest BCUT2D eigenvalue weighted by Crippen LogP contribution is -2.35. The molecule has 0 fully saturated rings. The second kappa shape index (κ2) is 10.2. The summed E-state index contributed by atoms with van der Waals surface area (Å²) >= 11 is 0. The summed E-state index contributed by atoms with van der Waals surface area (Å²) in [5, 5.41) is 12.0. The Hall–Kier alpha value is -3.19. The van der Waals surface area contributed by atoms with Gasteiger partial charge in [-0.1, -0.05) is 42.5 Å². The summed E-state index contributed by atoms with van der Waals surface area (Å²) < 4.78 is 13.3. The van der Waals surface area contributed by atoms with E-state index >= 15 is 0 Å². The molecule has 2 heterocycles. The van der Waals surface area contributed by atoms with Crippen LogP contribution in [0.2, 0.25) is 0 Å². The molecule has 0 saturated heterocycles. The summed E-state index contributed by atoms with van der Waals surface area (Å²) in [5.74, 6) is 2.32. The van der Waals surface area contributed by atoms with E-state index in [1.165, 1.54) is 0 Å². The fraction of sp³-hybridized carbons (Fsp3) is 0.375. The minimum Gasteiger partial charge on any atom is -0.490 e. The number of carbonyl (C=O) groups is 1. The molecule has 2 aromatic carbocycles. The zero-order chi connectivity index (χ0) is 21.5. The lowest BCUT2D eigenvalue weighted by molar-refractivity contribution is 0.0917. The van der Waals surface area contributed by atoms with Crippen LogP contribution in [0.1, 0.15) is 35.9 Å². The predicted octanol–water partition coefficient (Wildman–Crippen LogP) is 3.50. The summed E-state index contributed by atoms with van der Waals surface area (Å²) in [6, 6.07) is 17.5. The number of fused-ring (bicyclic) bond motifs is 1. The van der Waals surface area contributed by atoms with E-state index in [1.807, 2.05) is 55.5 Å². The standard InChI is InChI=1S/C24H28N4O3/c1-2-30-16-17-31-21-11-7-6-10-20(21)24(29)25-19-12-13-22-26-27-23(28(22)15-14-19)18-8-4-3-5-9-18/h3-11,19H,2,12-17H2,1H3,(H,25,29). The van der Waals surface area contributed by atoms with Gasteiger partial charge in [0.25, 0.3) is 5.91 Å². The number of nitrogens with one attached hydrogen (secondary N) is 1. The van der Waals surface area contributed by atoms with Crippen molar-refractivity contribution in [3.63, 3.8) is 0 Å². The number of ether oxygens (including phenoxy) is 2. The highest BCUT2D eigenvalue weighted by Crippen LogP contribution is 2.23. The quantitative estimate of drug-likeness (QED) is 0.565. The smallest absolute Gasteiger partial charge is 0.255 e. The molecule has 0 radical (unpaired) electrons. The van der Waals surface area contributed by atoms with Crippen LogP contribution in [0.3, 0.4) is 0 Å². The molecule has 1 amide bonds. The van der Waals surface area contributed by atoms with Gasteiger partial charge in [-0.25, -0.2) is 0 Å². The molecule has 1 unspecified atom stereocenters. The van der Waals surface area contributed by atoms with Gasteiger partial charge in [-0.2, -0.15) is 0 Å². The molecule has 31 heavy (non-hydrogen) atoms. The number of carbonyl (C=O) groups excluding carboxylic acids is 1. The number of hydrogen-bond donors (Lipinski definition) is 1. The van der Waals surface area contributed by atoms with Crippen LogP contribution in [0, 0.1) is 0 Å². The third kappa shape index (κ3) is 5.11. The fourth-order valence-corrected chi connectivity index (χ4v) is 3.83. The molecule has 1 N–H and O–H groups in total. The molecule has 7 heteroatoms. The first-order chi connectivity index (χ1) is 15.3. The number of amides is 1. The topological polar surface area (TPSA) is 78.3 Å². The van der Waals surface area contributed by atoms with Crippen LogP contribution < -0.4 is 10.1 Å². The summed E-state index contributed by atoms with van der Waals surface area (Å²) in [6.45, 7) is 4.27. The van der Waals surface area contributed by atoms with Crippen molar-refractivity contribution in [2.45, 2.75) is 38.8 Å². The summed E-state index contributed by atoms with van der Waals surface area (Å²) in [4.78, 5) is 13.0. The summed E-state index contributed by atoms with van der Waals surface area (Å²) in [6.07, 6.45) is 2.42. The van der Waals surface area contributed by atoms with Crippen molar-refractivity contribution in [2.75, 3.05) is 19.8 Å². The molecule has 7 nitrogen and oxygen atoms in total. The second-order valence-corrected chi connectivity index (χ2v) is 7.50. The van der Waals surface area contributed by atoms with Crippen molar-refractivity contribution in [1.82, 2.24) is 20.1 Å². The Balaban J connectivity index is 1.40. The first kappa shape index (κ1) is 21.1. The molecule has 1 aliphatic rings. The van der Waals surface area contributed by atoms with E-state index in [4.69, 9.17) is 9.47 Å². The van der Waals surface area contributed by atoms with E-state index in [1.54, 1.807) is 6.07 Å². The van der Waals surface area contributed by atoms with Crippen LogP contribution in [-0.4, -0.2) is 46.5 Å².